The van der Waals surface area contributed by atoms with Crippen molar-refractivity contribution >= 4 is 0 Å². The van der Waals surface area contributed by atoms with Crippen molar-refractivity contribution in [3.05, 3.63) is 12.2 Å². The molecule has 0 aromatic rings. The van der Waals surface area contributed by atoms with E-state index in [1.807, 2.05) is 13.8 Å². The first-order chi connectivity index (χ1) is 6.43. The third-order valence-corrected chi connectivity index (χ3v) is 2.09. The highest BCUT2D eigenvalue weighted by Crippen LogP contribution is 2.13. The van der Waals surface area contributed by atoms with Gasteiger partial charge in [-0.3, -0.25) is 0 Å². The Balaban J connectivity index is 0.000000671. The normalized spacial score (nSPS) is 25.0. The summed E-state index contributed by atoms with van der Waals surface area (Å²) in [5.74, 6) is 0. The first-order valence-electron chi connectivity index (χ1n) is 5.71. The first kappa shape index (κ1) is 12.7. The molecule has 1 nitrogen and oxygen atoms in total. The summed E-state index contributed by atoms with van der Waals surface area (Å²) in [4.78, 5) is 0. The highest BCUT2D eigenvalue weighted by molar-refractivity contribution is 4.90. The van der Waals surface area contributed by atoms with Crippen molar-refractivity contribution in [2.45, 2.75) is 59.0 Å². The van der Waals surface area contributed by atoms with E-state index in [0.29, 0.717) is 6.10 Å². The maximum absolute atomic E-state index is 5.53. The Labute approximate surface area is 83.2 Å². The van der Waals surface area contributed by atoms with Crippen LogP contribution >= 0.6 is 0 Å². The molecule has 1 aliphatic rings. The zero-order chi connectivity index (χ0) is 9.94. The summed E-state index contributed by atoms with van der Waals surface area (Å²) in [5, 5.41) is 0. The van der Waals surface area contributed by atoms with Crippen LogP contribution in [-0.4, -0.2) is 12.7 Å². The number of hydrogen-bond donors (Lipinski definition) is 0. The molecule has 0 N–H and O–H groups in total. The topological polar surface area (TPSA) is 9.23 Å². The summed E-state index contributed by atoms with van der Waals surface area (Å²) in [6.45, 7) is 6.90. The van der Waals surface area contributed by atoms with Gasteiger partial charge in [0.05, 0.1) is 6.10 Å². The molecule has 1 atom stereocenters. The molecule has 1 rings (SSSR count). The van der Waals surface area contributed by atoms with Gasteiger partial charge in [-0.1, -0.05) is 38.8 Å². The van der Waals surface area contributed by atoms with Gasteiger partial charge in [0.2, 0.25) is 0 Å². The summed E-state index contributed by atoms with van der Waals surface area (Å²) in [6.07, 6.45) is 11.4. The van der Waals surface area contributed by atoms with Gasteiger partial charge in [0.25, 0.3) is 0 Å². The van der Waals surface area contributed by atoms with E-state index < -0.39 is 0 Å². The summed E-state index contributed by atoms with van der Waals surface area (Å²) in [6, 6.07) is 0. The van der Waals surface area contributed by atoms with Crippen molar-refractivity contribution in [1.82, 2.24) is 0 Å². The third-order valence-electron chi connectivity index (χ3n) is 2.09. The molecule has 13 heavy (non-hydrogen) atoms. The lowest BCUT2D eigenvalue weighted by atomic mass is 10.0. The van der Waals surface area contributed by atoms with Gasteiger partial charge in [-0.15, -0.1) is 0 Å². The van der Waals surface area contributed by atoms with Gasteiger partial charge in [0.1, 0.15) is 0 Å². The molecule has 1 unspecified atom stereocenters. The molecule has 0 radical (unpaired) electrons. The minimum absolute atomic E-state index is 0.403. The molecule has 78 valence electrons. The number of hydrogen-bond acceptors (Lipinski definition) is 1. The standard InChI is InChI=1S/C10H18O.C2H6/c1-2-11-10-8-6-4-3-5-7-9-10;1-2/h6,8,10H,2-5,7,9H2,1H3;1-2H3/b8-6+;. The van der Waals surface area contributed by atoms with Crippen LogP contribution in [-0.2, 0) is 4.74 Å². The monoisotopic (exact) mass is 184 g/mol. The predicted octanol–water partition coefficient (Wildman–Crippen LogP) is 3.94. The van der Waals surface area contributed by atoms with Crippen molar-refractivity contribution in [2.75, 3.05) is 6.61 Å². The highest BCUT2D eigenvalue weighted by atomic mass is 16.5. The summed E-state index contributed by atoms with van der Waals surface area (Å²) >= 11 is 0. The SMILES string of the molecule is CC.CCOC1/C=C/CCCCC1. The average molecular weight is 184 g/mol. The molecule has 0 amide bonds. The number of ether oxygens (including phenoxy) is 1. The van der Waals surface area contributed by atoms with Gasteiger partial charge < -0.3 is 4.74 Å². The fourth-order valence-electron chi connectivity index (χ4n) is 1.48. The van der Waals surface area contributed by atoms with E-state index in [2.05, 4.69) is 19.1 Å². The van der Waals surface area contributed by atoms with Gasteiger partial charge in [-0.2, -0.15) is 0 Å². The Morgan fingerprint density at radius 1 is 1.23 bits per heavy atom. The lowest BCUT2D eigenvalue weighted by Gasteiger charge is -2.14. The van der Waals surface area contributed by atoms with E-state index in [1.165, 1.54) is 32.1 Å². The summed E-state index contributed by atoms with van der Waals surface area (Å²) in [7, 11) is 0. The maximum Gasteiger partial charge on any atom is 0.0755 e. The molecule has 1 heteroatoms. The molecule has 0 aliphatic heterocycles. The lowest BCUT2D eigenvalue weighted by molar-refractivity contribution is 0.0873. The van der Waals surface area contributed by atoms with Crippen LogP contribution in [0.15, 0.2) is 12.2 Å². The smallest absolute Gasteiger partial charge is 0.0755 e. The molecule has 0 saturated heterocycles. The third kappa shape index (κ3) is 6.83. The zero-order valence-electron chi connectivity index (χ0n) is 9.38. The predicted molar refractivity (Wildman–Crippen MR) is 59.0 cm³/mol. The van der Waals surface area contributed by atoms with Crippen LogP contribution < -0.4 is 0 Å². The van der Waals surface area contributed by atoms with Gasteiger partial charge in [0.15, 0.2) is 0 Å². The molecule has 0 bridgehead atoms. The summed E-state index contributed by atoms with van der Waals surface area (Å²) < 4.78 is 5.53. The van der Waals surface area contributed by atoms with Crippen LogP contribution in [0.3, 0.4) is 0 Å². The highest BCUT2D eigenvalue weighted by Gasteiger charge is 2.04. The largest absolute Gasteiger partial charge is 0.374 e. The van der Waals surface area contributed by atoms with Gasteiger partial charge >= 0.3 is 0 Å². The van der Waals surface area contributed by atoms with Crippen molar-refractivity contribution in [1.29, 1.82) is 0 Å². The molecule has 0 heterocycles. The van der Waals surface area contributed by atoms with E-state index >= 15 is 0 Å². The van der Waals surface area contributed by atoms with E-state index in [-0.39, 0.29) is 0 Å². The minimum Gasteiger partial charge on any atom is -0.374 e. The molecule has 0 aromatic carbocycles. The molecule has 0 fully saturated rings. The minimum atomic E-state index is 0.403. The van der Waals surface area contributed by atoms with Crippen molar-refractivity contribution < 1.29 is 4.74 Å². The van der Waals surface area contributed by atoms with Gasteiger partial charge in [-0.25, -0.2) is 0 Å². The number of allylic oxidation sites excluding steroid dienone is 1. The lowest BCUT2D eigenvalue weighted by Crippen LogP contribution is -2.10. The van der Waals surface area contributed by atoms with Gasteiger partial charge in [-0.05, 0) is 26.2 Å². The molecular formula is C12H24O. The van der Waals surface area contributed by atoms with Crippen LogP contribution in [0.1, 0.15) is 52.9 Å². The van der Waals surface area contributed by atoms with Crippen LogP contribution in [0, 0.1) is 0 Å². The van der Waals surface area contributed by atoms with Crippen molar-refractivity contribution in [3.8, 4) is 0 Å². The maximum atomic E-state index is 5.53. The Hall–Kier alpha value is -0.300. The Morgan fingerprint density at radius 3 is 2.69 bits per heavy atom. The van der Waals surface area contributed by atoms with E-state index in [9.17, 15) is 0 Å². The van der Waals surface area contributed by atoms with E-state index in [4.69, 9.17) is 4.74 Å². The Bertz CT molecular complexity index is 118. The fraction of sp³-hybridized carbons (Fsp3) is 0.833. The Morgan fingerprint density at radius 2 is 2.00 bits per heavy atom. The molecule has 0 spiro atoms. The molecule has 1 aliphatic carbocycles. The van der Waals surface area contributed by atoms with Crippen molar-refractivity contribution in [2.24, 2.45) is 0 Å². The van der Waals surface area contributed by atoms with E-state index in [1.54, 1.807) is 0 Å². The quantitative estimate of drug-likeness (QED) is 0.591. The van der Waals surface area contributed by atoms with Gasteiger partial charge in [0, 0.05) is 6.61 Å². The first-order valence-corrected chi connectivity index (χ1v) is 5.71. The number of rotatable bonds is 2. The average Bonchev–Trinajstić information content (AvgIpc) is 2.13. The Kier molecular flexibility index (Phi) is 9.56. The fourth-order valence-corrected chi connectivity index (χ4v) is 1.48. The summed E-state index contributed by atoms with van der Waals surface area (Å²) in [5.41, 5.74) is 0. The molecule has 0 saturated carbocycles. The van der Waals surface area contributed by atoms with E-state index in [0.717, 1.165) is 6.61 Å². The molecule has 0 aromatic heterocycles. The van der Waals surface area contributed by atoms with Crippen LogP contribution in [0.2, 0.25) is 0 Å². The second-order valence-corrected chi connectivity index (χ2v) is 3.06. The second kappa shape index (κ2) is 9.79. The second-order valence-electron chi connectivity index (χ2n) is 3.06. The molecular weight excluding hydrogens is 160 g/mol. The zero-order valence-corrected chi connectivity index (χ0v) is 9.38. The van der Waals surface area contributed by atoms with Crippen molar-refractivity contribution in [3.63, 3.8) is 0 Å². The van der Waals surface area contributed by atoms with Crippen LogP contribution in [0.4, 0.5) is 0 Å². The van der Waals surface area contributed by atoms with Crippen LogP contribution in [0.5, 0.6) is 0 Å². The van der Waals surface area contributed by atoms with Crippen LogP contribution in [0.25, 0.3) is 0 Å².